The lowest BCUT2D eigenvalue weighted by molar-refractivity contribution is 0.0963. The van der Waals surface area contributed by atoms with Crippen LogP contribution in [0.1, 0.15) is 9.67 Å². The molecule has 106 valence electrons. The van der Waals surface area contributed by atoms with E-state index in [0.717, 1.165) is 0 Å². The van der Waals surface area contributed by atoms with Crippen molar-refractivity contribution in [2.45, 2.75) is 0 Å². The third-order valence-electron chi connectivity index (χ3n) is 3.05. The predicted octanol–water partition coefficient (Wildman–Crippen LogP) is 2.49. The molecule has 1 amide bonds. The van der Waals surface area contributed by atoms with Gasteiger partial charge in [-0.3, -0.25) is 14.0 Å². The summed E-state index contributed by atoms with van der Waals surface area (Å²) in [7, 11) is 0. The first-order valence-electron chi connectivity index (χ1n) is 6.19. The Kier molecular flexibility index (Phi) is 3.44. The third kappa shape index (κ3) is 2.20. The van der Waals surface area contributed by atoms with Gasteiger partial charge in [0.25, 0.3) is 11.5 Å². The van der Waals surface area contributed by atoms with E-state index < -0.39 is 0 Å². The number of H-pyrrole nitrogens is 1. The van der Waals surface area contributed by atoms with Crippen LogP contribution in [-0.4, -0.2) is 21.8 Å². The minimum absolute atomic E-state index is 0.240. The molecule has 0 fully saturated rings. The highest BCUT2D eigenvalue weighted by atomic mass is 32.1. The second-order valence-electron chi connectivity index (χ2n) is 4.35. The maximum atomic E-state index is 12.1. The van der Waals surface area contributed by atoms with Crippen LogP contribution in [0.5, 0.6) is 0 Å². The summed E-state index contributed by atoms with van der Waals surface area (Å²) in [6.45, 7) is 3.91. The average Bonchev–Trinajstić information content (AvgIpc) is 2.82. The van der Waals surface area contributed by atoms with E-state index in [-0.39, 0.29) is 11.5 Å². The molecule has 5 nitrogen and oxygen atoms in total. The molecule has 0 bridgehead atoms. The highest BCUT2D eigenvalue weighted by molar-refractivity contribution is 7.73. The molecule has 2 heterocycles. The van der Waals surface area contributed by atoms with Crippen LogP contribution in [0.4, 0.5) is 0 Å². The van der Waals surface area contributed by atoms with E-state index in [1.807, 2.05) is 12.1 Å². The van der Waals surface area contributed by atoms with Gasteiger partial charge >= 0.3 is 0 Å². The van der Waals surface area contributed by atoms with Gasteiger partial charge in [-0.15, -0.1) is 6.58 Å². The summed E-state index contributed by atoms with van der Waals surface area (Å²) < 4.78 is 2.24. The van der Waals surface area contributed by atoms with E-state index in [4.69, 9.17) is 12.2 Å². The molecule has 0 aliphatic carbocycles. The quantitative estimate of drug-likeness (QED) is 0.576. The molecule has 0 saturated carbocycles. The summed E-state index contributed by atoms with van der Waals surface area (Å²) in [5.74, 6) is -0.278. The average molecular weight is 317 g/mol. The lowest BCUT2D eigenvalue weighted by Crippen LogP contribution is -2.23. The van der Waals surface area contributed by atoms with Gasteiger partial charge in [0.15, 0.2) is 3.95 Å². The molecule has 0 saturated heterocycles. The van der Waals surface area contributed by atoms with Crippen LogP contribution in [-0.2, 0) is 0 Å². The monoisotopic (exact) mass is 317 g/mol. The van der Waals surface area contributed by atoms with Crippen molar-refractivity contribution in [2.24, 2.45) is 0 Å². The number of hydrogen-bond donors (Lipinski definition) is 2. The van der Waals surface area contributed by atoms with E-state index in [1.54, 1.807) is 22.6 Å². The highest BCUT2D eigenvalue weighted by Gasteiger charge is 2.17. The standard InChI is InChI=1S/C14H11N3O2S2/c1-2-7-15-13(19)10-11-16-12(18)8-5-3-4-6-9(8)17(11)14(20)21-10/h2-6H,1,7H2,(H,15,19)(H,16,18). The Morgan fingerprint density at radius 2 is 2.24 bits per heavy atom. The number of amides is 1. The lowest BCUT2D eigenvalue weighted by Gasteiger charge is -2.03. The van der Waals surface area contributed by atoms with Crippen molar-refractivity contribution in [3.8, 4) is 0 Å². The zero-order valence-corrected chi connectivity index (χ0v) is 12.5. The molecule has 0 radical (unpaired) electrons. The predicted molar refractivity (Wildman–Crippen MR) is 86.8 cm³/mol. The van der Waals surface area contributed by atoms with Crippen molar-refractivity contribution in [3.05, 3.63) is 56.1 Å². The minimum atomic E-state index is -0.278. The number of nitrogens with zero attached hydrogens (tertiary/aromatic N) is 1. The number of hydrogen-bond acceptors (Lipinski definition) is 4. The number of nitrogens with one attached hydrogen (secondary N) is 2. The first-order valence-corrected chi connectivity index (χ1v) is 7.41. The number of aromatic amines is 1. The Labute approximate surface area is 128 Å². The molecule has 0 atom stereocenters. The fourth-order valence-electron chi connectivity index (χ4n) is 2.14. The Balaban J connectivity index is 2.36. The minimum Gasteiger partial charge on any atom is -0.348 e. The number of carbonyl (C=O) groups is 1. The van der Waals surface area contributed by atoms with Crippen molar-refractivity contribution >= 4 is 46.0 Å². The maximum Gasteiger partial charge on any atom is 0.265 e. The molecular weight excluding hydrogens is 306 g/mol. The molecular formula is C14H11N3O2S2. The fraction of sp³-hybridized carbons (Fsp3) is 0.0714. The van der Waals surface area contributed by atoms with Gasteiger partial charge < -0.3 is 10.3 Å². The van der Waals surface area contributed by atoms with E-state index in [1.165, 1.54) is 11.3 Å². The molecule has 0 unspecified atom stereocenters. The van der Waals surface area contributed by atoms with Crippen LogP contribution in [0.3, 0.4) is 0 Å². The normalized spacial score (nSPS) is 10.9. The molecule has 0 aliphatic rings. The number of aromatic nitrogens is 2. The number of thiazole rings is 1. The molecule has 0 aliphatic heterocycles. The zero-order chi connectivity index (χ0) is 15.0. The molecule has 2 aromatic heterocycles. The smallest absolute Gasteiger partial charge is 0.265 e. The number of fused-ring (bicyclic) bond motifs is 3. The number of carbonyl (C=O) groups excluding carboxylic acids is 1. The fourth-order valence-corrected chi connectivity index (χ4v) is 3.44. The Hall–Kier alpha value is -2.25. The van der Waals surface area contributed by atoms with Crippen LogP contribution >= 0.6 is 23.6 Å². The number of rotatable bonds is 3. The molecule has 0 spiro atoms. The Morgan fingerprint density at radius 3 is 3.00 bits per heavy atom. The van der Waals surface area contributed by atoms with Gasteiger partial charge in [-0.2, -0.15) is 0 Å². The van der Waals surface area contributed by atoms with Crippen LogP contribution in [0.25, 0.3) is 16.6 Å². The number of para-hydroxylation sites is 1. The van der Waals surface area contributed by atoms with Gasteiger partial charge in [-0.25, -0.2) is 0 Å². The Morgan fingerprint density at radius 1 is 1.48 bits per heavy atom. The summed E-state index contributed by atoms with van der Waals surface area (Å²) in [6, 6.07) is 7.16. The highest BCUT2D eigenvalue weighted by Crippen LogP contribution is 2.22. The number of benzene rings is 1. The maximum absolute atomic E-state index is 12.1. The molecule has 3 rings (SSSR count). The summed E-state index contributed by atoms with van der Waals surface area (Å²) >= 11 is 6.51. The van der Waals surface area contributed by atoms with Crippen LogP contribution in [0.15, 0.2) is 41.7 Å². The van der Waals surface area contributed by atoms with Gasteiger partial charge in [0.2, 0.25) is 0 Å². The van der Waals surface area contributed by atoms with E-state index in [2.05, 4.69) is 16.9 Å². The van der Waals surface area contributed by atoms with Crippen molar-refractivity contribution in [1.29, 1.82) is 0 Å². The van der Waals surface area contributed by atoms with Crippen molar-refractivity contribution in [2.75, 3.05) is 6.54 Å². The first kappa shape index (κ1) is 13.7. The van der Waals surface area contributed by atoms with Crippen molar-refractivity contribution in [1.82, 2.24) is 14.7 Å². The molecule has 1 aromatic carbocycles. The van der Waals surface area contributed by atoms with E-state index in [0.29, 0.717) is 31.9 Å². The third-order valence-corrected chi connectivity index (χ3v) is 4.42. The van der Waals surface area contributed by atoms with Crippen molar-refractivity contribution < 1.29 is 4.79 Å². The van der Waals surface area contributed by atoms with Crippen molar-refractivity contribution in [3.63, 3.8) is 0 Å². The topological polar surface area (TPSA) is 66.4 Å². The second kappa shape index (κ2) is 5.27. The van der Waals surface area contributed by atoms with Gasteiger partial charge in [0, 0.05) is 6.54 Å². The van der Waals surface area contributed by atoms with Crippen LogP contribution in [0, 0.1) is 3.95 Å². The van der Waals surface area contributed by atoms with Crippen LogP contribution < -0.4 is 10.9 Å². The zero-order valence-electron chi connectivity index (χ0n) is 10.9. The SMILES string of the molecule is C=CCNC(=O)c1sc(=S)n2c1[nH]c(=O)c1ccccc12. The molecule has 7 heteroatoms. The summed E-state index contributed by atoms with van der Waals surface area (Å²) in [5.41, 5.74) is 0.881. The van der Waals surface area contributed by atoms with Gasteiger partial charge in [-0.1, -0.05) is 29.5 Å². The molecule has 2 N–H and O–H groups in total. The van der Waals surface area contributed by atoms with Gasteiger partial charge in [0.1, 0.15) is 10.5 Å². The molecule has 21 heavy (non-hydrogen) atoms. The Bertz CT molecular complexity index is 981. The second-order valence-corrected chi connectivity index (χ2v) is 6.00. The molecule has 3 aromatic rings. The summed E-state index contributed by atoms with van der Waals surface area (Å²) in [6.07, 6.45) is 1.59. The van der Waals surface area contributed by atoms with E-state index in [9.17, 15) is 9.59 Å². The summed E-state index contributed by atoms with van der Waals surface area (Å²) in [5, 5.41) is 3.23. The van der Waals surface area contributed by atoms with Gasteiger partial charge in [-0.05, 0) is 24.4 Å². The lowest BCUT2D eigenvalue weighted by atomic mass is 10.2. The van der Waals surface area contributed by atoms with E-state index >= 15 is 0 Å². The largest absolute Gasteiger partial charge is 0.348 e. The van der Waals surface area contributed by atoms with Gasteiger partial charge in [0.05, 0.1) is 10.9 Å². The summed E-state index contributed by atoms with van der Waals surface area (Å²) in [4.78, 5) is 27.4. The first-order chi connectivity index (χ1) is 10.1. The van der Waals surface area contributed by atoms with Crippen LogP contribution in [0.2, 0.25) is 0 Å².